The van der Waals surface area contributed by atoms with Gasteiger partial charge in [-0.3, -0.25) is 0 Å². The Labute approximate surface area is 180 Å². The molecule has 28 heavy (non-hydrogen) atoms. The van der Waals surface area contributed by atoms with Gasteiger partial charge < -0.3 is 9.47 Å². The monoisotopic (exact) mass is 424 g/mol. The number of hydrogen-bond donors (Lipinski definition) is 0. The highest BCUT2D eigenvalue weighted by Crippen LogP contribution is 2.31. The summed E-state index contributed by atoms with van der Waals surface area (Å²) in [6, 6.07) is 10.6. The molecule has 0 saturated heterocycles. The molecule has 0 bridgehead atoms. The molecular formula is C24H34Cl2O2. The van der Waals surface area contributed by atoms with Gasteiger partial charge in [-0.1, -0.05) is 44.7 Å². The van der Waals surface area contributed by atoms with E-state index in [0.717, 1.165) is 68.6 Å². The van der Waals surface area contributed by atoms with Crippen LogP contribution in [0.4, 0.5) is 0 Å². The van der Waals surface area contributed by atoms with Crippen LogP contribution < -0.4 is 9.47 Å². The molecule has 0 heterocycles. The lowest BCUT2D eigenvalue weighted by atomic mass is 10.0. The van der Waals surface area contributed by atoms with Crippen LogP contribution in [0.2, 0.25) is 0 Å². The molecule has 0 N–H and O–H groups in total. The predicted molar refractivity (Wildman–Crippen MR) is 123 cm³/mol. The summed E-state index contributed by atoms with van der Waals surface area (Å²) in [6.07, 6.45) is 10.0. The topological polar surface area (TPSA) is 18.5 Å². The number of fused-ring (bicyclic) bond motifs is 1. The van der Waals surface area contributed by atoms with Gasteiger partial charge in [0.2, 0.25) is 0 Å². The van der Waals surface area contributed by atoms with Crippen molar-refractivity contribution in [3.8, 4) is 11.5 Å². The van der Waals surface area contributed by atoms with Gasteiger partial charge in [0.15, 0.2) is 0 Å². The average Bonchev–Trinajstić information content (AvgIpc) is 2.72. The fraction of sp³-hybridized carbons (Fsp3) is 0.583. The Kier molecular flexibility index (Phi) is 11.5. The molecule has 0 saturated carbocycles. The van der Waals surface area contributed by atoms with E-state index in [1.807, 2.05) is 0 Å². The minimum Gasteiger partial charge on any atom is -0.494 e. The van der Waals surface area contributed by atoms with Crippen molar-refractivity contribution in [1.29, 1.82) is 0 Å². The molecule has 0 spiro atoms. The van der Waals surface area contributed by atoms with Crippen LogP contribution in [0.15, 0.2) is 30.3 Å². The third kappa shape index (κ3) is 7.72. The third-order valence-corrected chi connectivity index (χ3v) is 5.53. The predicted octanol–water partition coefficient (Wildman–Crippen LogP) is 7.76. The first-order chi connectivity index (χ1) is 13.8. The molecule has 0 aromatic heterocycles. The van der Waals surface area contributed by atoms with Gasteiger partial charge in [0.25, 0.3) is 0 Å². The van der Waals surface area contributed by atoms with Crippen molar-refractivity contribution >= 4 is 34.0 Å². The van der Waals surface area contributed by atoms with E-state index in [4.69, 9.17) is 32.7 Å². The molecule has 0 unspecified atom stereocenters. The summed E-state index contributed by atoms with van der Waals surface area (Å²) in [5.74, 6) is 3.47. The zero-order chi connectivity index (χ0) is 20.0. The van der Waals surface area contributed by atoms with Gasteiger partial charge in [-0.2, -0.15) is 0 Å². The maximum Gasteiger partial charge on any atom is 0.123 e. The van der Waals surface area contributed by atoms with Crippen LogP contribution in [0.25, 0.3) is 10.8 Å². The zero-order valence-corrected chi connectivity index (χ0v) is 18.7. The summed E-state index contributed by atoms with van der Waals surface area (Å²) >= 11 is 11.4. The van der Waals surface area contributed by atoms with Crippen molar-refractivity contribution in [2.24, 2.45) is 0 Å². The number of alkyl halides is 2. The Bertz CT molecular complexity index is 688. The van der Waals surface area contributed by atoms with Gasteiger partial charge >= 0.3 is 0 Å². The molecule has 0 aliphatic rings. The van der Waals surface area contributed by atoms with Crippen LogP contribution >= 0.6 is 23.2 Å². The van der Waals surface area contributed by atoms with Gasteiger partial charge in [0, 0.05) is 17.3 Å². The molecule has 156 valence electrons. The fourth-order valence-electron chi connectivity index (χ4n) is 3.41. The fourth-order valence-corrected chi connectivity index (χ4v) is 3.79. The zero-order valence-electron chi connectivity index (χ0n) is 17.2. The number of hydrogen-bond acceptors (Lipinski definition) is 2. The highest BCUT2D eigenvalue weighted by Gasteiger charge is 2.08. The molecule has 2 aromatic carbocycles. The third-order valence-electron chi connectivity index (χ3n) is 5.00. The van der Waals surface area contributed by atoms with Crippen molar-refractivity contribution in [2.75, 3.05) is 25.0 Å². The quantitative estimate of drug-likeness (QED) is 0.214. The van der Waals surface area contributed by atoms with Crippen LogP contribution in [0, 0.1) is 0 Å². The van der Waals surface area contributed by atoms with Gasteiger partial charge in [-0.05, 0) is 61.1 Å². The summed E-state index contributed by atoms with van der Waals surface area (Å²) in [7, 11) is 0. The Morgan fingerprint density at radius 1 is 0.714 bits per heavy atom. The van der Waals surface area contributed by atoms with Crippen molar-refractivity contribution in [1.82, 2.24) is 0 Å². The SMILES string of the molecule is CCc1c(OCCCCCCCl)ccc2cc(OCCCCCCCl)ccc12. The molecule has 0 aliphatic heterocycles. The van der Waals surface area contributed by atoms with E-state index >= 15 is 0 Å². The average molecular weight is 425 g/mol. The summed E-state index contributed by atoms with van der Waals surface area (Å²) < 4.78 is 12.0. The van der Waals surface area contributed by atoms with E-state index in [1.54, 1.807) is 0 Å². The normalized spacial score (nSPS) is 11.1. The smallest absolute Gasteiger partial charge is 0.123 e. The Hall–Kier alpha value is -1.12. The highest BCUT2D eigenvalue weighted by atomic mass is 35.5. The largest absolute Gasteiger partial charge is 0.494 e. The van der Waals surface area contributed by atoms with E-state index in [-0.39, 0.29) is 0 Å². The second kappa shape index (κ2) is 14.0. The molecule has 2 rings (SSSR count). The maximum absolute atomic E-state index is 6.08. The first-order valence-electron chi connectivity index (χ1n) is 10.7. The Morgan fingerprint density at radius 3 is 2.00 bits per heavy atom. The Morgan fingerprint density at radius 2 is 1.36 bits per heavy atom. The van der Waals surface area contributed by atoms with Crippen LogP contribution in [0.1, 0.15) is 63.9 Å². The second-order valence-corrected chi connectivity index (χ2v) is 7.94. The van der Waals surface area contributed by atoms with Crippen LogP contribution in [-0.2, 0) is 6.42 Å². The number of aryl methyl sites for hydroxylation is 1. The number of unbranched alkanes of at least 4 members (excludes halogenated alkanes) is 6. The van der Waals surface area contributed by atoms with Crippen molar-refractivity contribution in [3.05, 3.63) is 35.9 Å². The van der Waals surface area contributed by atoms with Gasteiger partial charge in [0.05, 0.1) is 13.2 Å². The Balaban J connectivity index is 1.91. The van der Waals surface area contributed by atoms with E-state index in [9.17, 15) is 0 Å². The lowest BCUT2D eigenvalue weighted by molar-refractivity contribution is 0.302. The standard InChI is InChI=1S/C24H34Cl2O2/c1-2-22-23-13-12-21(27-17-9-5-3-7-15-25)19-20(23)11-14-24(22)28-18-10-6-4-8-16-26/h11-14,19H,2-10,15-18H2,1H3. The second-order valence-electron chi connectivity index (χ2n) is 7.18. The van der Waals surface area contributed by atoms with Crippen LogP contribution in [0.5, 0.6) is 11.5 Å². The van der Waals surface area contributed by atoms with E-state index in [1.165, 1.54) is 42.0 Å². The van der Waals surface area contributed by atoms with Gasteiger partial charge in [-0.25, -0.2) is 0 Å². The molecule has 2 nitrogen and oxygen atoms in total. The molecule has 0 radical (unpaired) electrons. The van der Waals surface area contributed by atoms with Crippen molar-refractivity contribution in [2.45, 2.75) is 64.7 Å². The summed E-state index contributed by atoms with van der Waals surface area (Å²) in [4.78, 5) is 0. The molecule has 0 atom stereocenters. The summed E-state index contributed by atoms with van der Waals surface area (Å²) in [5, 5.41) is 2.47. The molecule has 0 aliphatic carbocycles. The van der Waals surface area contributed by atoms with Crippen LogP contribution in [-0.4, -0.2) is 25.0 Å². The number of benzene rings is 2. The lowest BCUT2D eigenvalue weighted by Crippen LogP contribution is -2.01. The first kappa shape index (κ1) is 23.2. The number of ether oxygens (including phenoxy) is 2. The first-order valence-corrected chi connectivity index (χ1v) is 11.8. The molecular weight excluding hydrogens is 391 g/mol. The molecule has 4 heteroatoms. The summed E-state index contributed by atoms with van der Waals surface area (Å²) in [5.41, 5.74) is 1.28. The van der Waals surface area contributed by atoms with Gasteiger partial charge in [0.1, 0.15) is 11.5 Å². The summed E-state index contributed by atoms with van der Waals surface area (Å²) in [6.45, 7) is 3.72. The number of halogens is 2. The van der Waals surface area contributed by atoms with E-state index in [0.29, 0.717) is 0 Å². The lowest BCUT2D eigenvalue weighted by Gasteiger charge is -2.14. The minimum absolute atomic E-state index is 0.755. The van der Waals surface area contributed by atoms with E-state index < -0.39 is 0 Å². The molecule has 0 amide bonds. The molecule has 0 fully saturated rings. The minimum atomic E-state index is 0.755. The molecule has 2 aromatic rings. The van der Waals surface area contributed by atoms with E-state index in [2.05, 4.69) is 37.3 Å². The van der Waals surface area contributed by atoms with Crippen molar-refractivity contribution in [3.63, 3.8) is 0 Å². The van der Waals surface area contributed by atoms with Crippen LogP contribution in [0.3, 0.4) is 0 Å². The van der Waals surface area contributed by atoms with Gasteiger partial charge in [-0.15, -0.1) is 23.2 Å². The number of rotatable bonds is 15. The maximum atomic E-state index is 6.08. The van der Waals surface area contributed by atoms with Crippen molar-refractivity contribution < 1.29 is 9.47 Å². The highest BCUT2D eigenvalue weighted by molar-refractivity contribution is 6.18.